The zero-order valence-electron chi connectivity index (χ0n) is 8.42. The molecule has 0 amide bonds. The molecule has 0 aliphatic heterocycles. The SMILES string of the molecule is Fc1cnc(Cl)nc1Cc1c(Cl)cccc1Cl. The molecule has 0 aliphatic carbocycles. The van der Waals surface area contributed by atoms with Gasteiger partial charge in [-0.25, -0.2) is 14.4 Å². The van der Waals surface area contributed by atoms with Gasteiger partial charge in [-0.2, -0.15) is 0 Å². The third-order valence-corrected chi connectivity index (χ3v) is 3.08. The molecule has 0 spiro atoms. The van der Waals surface area contributed by atoms with Crippen LogP contribution in [0.15, 0.2) is 24.4 Å². The van der Waals surface area contributed by atoms with Crippen molar-refractivity contribution in [2.75, 3.05) is 0 Å². The third-order valence-electron chi connectivity index (χ3n) is 2.19. The Labute approximate surface area is 112 Å². The molecule has 0 atom stereocenters. The summed E-state index contributed by atoms with van der Waals surface area (Å²) >= 11 is 17.6. The van der Waals surface area contributed by atoms with Crippen LogP contribution in [0.1, 0.15) is 11.3 Å². The molecule has 0 fully saturated rings. The summed E-state index contributed by atoms with van der Waals surface area (Å²) in [6.45, 7) is 0. The highest BCUT2D eigenvalue weighted by Gasteiger charge is 2.12. The largest absolute Gasteiger partial charge is 0.223 e. The first kappa shape index (κ1) is 12.6. The molecule has 0 N–H and O–H groups in total. The Hall–Kier alpha value is -0.900. The van der Waals surface area contributed by atoms with E-state index in [-0.39, 0.29) is 17.4 Å². The third kappa shape index (κ3) is 2.86. The molecule has 2 rings (SSSR count). The van der Waals surface area contributed by atoms with Gasteiger partial charge in [0.25, 0.3) is 0 Å². The van der Waals surface area contributed by atoms with Gasteiger partial charge >= 0.3 is 0 Å². The van der Waals surface area contributed by atoms with Crippen molar-refractivity contribution in [1.29, 1.82) is 0 Å². The maximum Gasteiger partial charge on any atom is 0.222 e. The Morgan fingerprint density at radius 3 is 2.41 bits per heavy atom. The van der Waals surface area contributed by atoms with E-state index in [1.165, 1.54) is 0 Å². The molecule has 17 heavy (non-hydrogen) atoms. The Balaban J connectivity index is 2.41. The maximum absolute atomic E-state index is 13.4. The first-order valence-corrected chi connectivity index (χ1v) is 5.81. The van der Waals surface area contributed by atoms with E-state index in [1.807, 2.05) is 0 Å². The summed E-state index contributed by atoms with van der Waals surface area (Å²) in [7, 11) is 0. The second kappa shape index (κ2) is 5.17. The van der Waals surface area contributed by atoms with Crippen molar-refractivity contribution in [1.82, 2.24) is 9.97 Å². The molecule has 0 radical (unpaired) electrons. The zero-order valence-corrected chi connectivity index (χ0v) is 10.7. The van der Waals surface area contributed by atoms with Crippen molar-refractivity contribution in [3.63, 3.8) is 0 Å². The molecule has 0 unspecified atom stereocenters. The average molecular weight is 292 g/mol. The standard InChI is InChI=1S/C11H6Cl3FN2/c12-7-2-1-3-8(13)6(7)4-10-9(15)5-16-11(14)17-10/h1-3,5H,4H2. The van der Waals surface area contributed by atoms with Crippen molar-refractivity contribution in [3.8, 4) is 0 Å². The molecule has 1 aromatic heterocycles. The number of halogens is 4. The molecule has 0 bridgehead atoms. The summed E-state index contributed by atoms with van der Waals surface area (Å²) in [6.07, 6.45) is 1.20. The maximum atomic E-state index is 13.4. The number of hydrogen-bond acceptors (Lipinski definition) is 2. The molecular formula is C11H6Cl3FN2. The van der Waals surface area contributed by atoms with Crippen LogP contribution in [-0.2, 0) is 6.42 Å². The van der Waals surface area contributed by atoms with Gasteiger partial charge in [-0.1, -0.05) is 29.3 Å². The average Bonchev–Trinajstić information content (AvgIpc) is 2.28. The smallest absolute Gasteiger partial charge is 0.222 e. The molecule has 1 heterocycles. The normalized spacial score (nSPS) is 10.6. The molecule has 2 nitrogen and oxygen atoms in total. The van der Waals surface area contributed by atoms with Crippen molar-refractivity contribution in [3.05, 3.63) is 56.8 Å². The summed E-state index contributed by atoms with van der Waals surface area (Å²) in [5, 5.41) is 0.919. The lowest BCUT2D eigenvalue weighted by Gasteiger charge is -2.07. The van der Waals surface area contributed by atoms with Gasteiger partial charge in [0.05, 0.1) is 11.9 Å². The molecular weight excluding hydrogens is 285 g/mol. The van der Waals surface area contributed by atoms with Crippen LogP contribution in [0.5, 0.6) is 0 Å². The predicted octanol–water partition coefficient (Wildman–Crippen LogP) is 4.17. The Kier molecular flexibility index (Phi) is 3.82. The second-order valence-corrected chi connectivity index (χ2v) is 4.46. The Bertz CT molecular complexity index is 540. The van der Waals surface area contributed by atoms with Crippen LogP contribution in [0, 0.1) is 5.82 Å². The van der Waals surface area contributed by atoms with Gasteiger partial charge in [-0.3, -0.25) is 0 Å². The van der Waals surface area contributed by atoms with E-state index in [0.717, 1.165) is 6.20 Å². The first-order chi connectivity index (χ1) is 8.08. The van der Waals surface area contributed by atoms with Crippen LogP contribution in [0.2, 0.25) is 15.3 Å². The first-order valence-electron chi connectivity index (χ1n) is 4.67. The fourth-order valence-electron chi connectivity index (χ4n) is 1.37. The molecule has 6 heteroatoms. The van der Waals surface area contributed by atoms with Crippen molar-refractivity contribution in [2.45, 2.75) is 6.42 Å². The minimum absolute atomic E-state index is 0.00965. The van der Waals surface area contributed by atoms with E-state index >= 15 is 0 Å². The molecule has 2 aromatic rings. The van der Waals surface area contributed by atoms with Gasteiger partial charge in [-0.05, 0) is 29.3 Å². The summed E-state index contributed by atoms with van der Waals surface area (Å²) < 4.78 is 13.4. The fraction of sp³-hybridized carbons (Fsp3) is 0.0909. The Morgan fingerprint density at radius 1 is 1.12 bits per heavy atom. The number of nitrogens with zero attached hydrogens (tertiary/aromatic N) is 2. The lowest BCUT2D eigenvalue weighted by molar-refractivity contribution is 0.595. The highest BCUT2D eigenvalue weighted by Crippen LogP contribution is 2.27. The molecule has 0 aliphatic rings. The second-order valence-electron chi connectivity index (χ2n) is 3.31. The lowest BCUT2D eigenvalue weighted by Crippen LogP contribution is -2.00. The van der Waals surface area contributed by atoms with Gasteiger partial charge in [0.2, 0.25) is 5.28 Å². The number of rotatable bonds is 2. The van der Waals surface area contributed by atoms with Crippen molar-refractivity contribution in [2.24, 2.45) is 0 Å². The molecule has 88 valence electrons. The molecule has 0 saturated carbocycles. The van der Waals surface area contributed by atoms with Gasteiger partial charge in [0.15, 0.2) is 5.82 Å². The van der Waals surface area contributed by atoms with E-state index in [2.05, 4.69) is 9.97 Å². The van der Waals surface area contributed by atoms with E-state index in [9.17, 15) is 4.39 Å². The van der Waals surface area contributed by atoms with Gasteiger partial charge < -0.3 is 0 Å². The van der Waals surface area contributed by atoms with Gasteiger partial charge in [0, 0.05) is 16.5 Å². The monoisotopic (exact) mass is 290 g/mol. The minimum Gasteiger partial charge on any atom is -0.223 e. The topological polar surface area (TPSA) is 25.8 Å². The predicted molar refractivity (Wildman–Crippen MR) is 66.3 cm³/mol. The Morgan fingerprint density at radius 2 is 1.76 bits per heavy atom. The molecule has 0 saturated heterocycles. The molecule has 1 aromatic carbocycles. The summed E-state index contributed by atoms with van der Waals surface area (Å²) in [5.41, 5.74) is 0.782. The van der Waals surface area contributed by atoms with E-state index < -0.39 is 5.82 Å². The fourth-order valence-corrected chi connectivity index (χ4v) is 2.05. The van der Waals surface area contributed by atoms with E-state index in [1.54, 1.807) is 18.2 Å². The summed E-state index contributed by atoms with van der Waals surface area (Å²) in [6, 6.07) is 5.09. The van der Waals surface area contributed by atoms with Crippen molar-refractivity contribution >= 4 is 34.8 Å². The lowest BCUT2D eigenvalue weighted by atomic mass is 10.1. The quantitative estimate of drug-likeness (QED) is 0.776. The van der Waals surface area contributed by atoms with Crippen LogP contribution in [-0.4, -0.2) is 9.97 Å². The van der Waals surface area contributed by atoms with Crippen LogP contribution < -0.4 is 0 Å². The highest BCUT2D eigenvalue weighted by atomic mass is 35.5. The minimum atomic E-state index is -0.537. The van der Waals surface area contributed by atoms with E-state index in [4.69, 9.17) is 34.8 Å². The number of benzene rings is 1. The van der Waals surface area contributed by atoms with Gasteiger partial charge in [-0.15, -0.1) is 0 Å². The van der Waals surface area contributed by atoms with Crippen LogP contribution in [0.4, 0.5) is 4.39 Å². The highest BCUT2D eigenvalue weighted by molar-refractivity contribution is 6.36. The van der Waals surface area contributed by atoms with Crippen molar-refractivity contribution < 1.29 is 4.39 Å². The summed E-state index contributed by atoms with van der Waals surface area (Å²) in [4.78, 5) is 7.35. The van der Waals surface area contributed by atoms with Crippen LogP contribution in [0.3, 0.4) is 0 Å². The van der Waals surface area contributed by atoms with Crippen LogP contribution in [0.25, 0.3) is 0 Å². The van der Waals surface area contributed by atoms with Gasteiger partial charge in [0.1, 0.15) is 0 Å². The zero-order chi connectivity index (χ0) is 12.4. The number of hydrogen-bond donors (Lipinski definition) is 0. The summed E-state index contributed by atoms with van der Waals surface area (Å²) in [5.74, 6) is -0.537. The number of aromatic nitrogens is 2. The van der Waals surface area contributed by atoms with Crippen LogP contribution >= 0.6 is 34.8 Å². The van der Waals surface area contributed by atoms with E-state index in [0.29, 0.717) is 15.6 Å².